The van der Waals surface area contributed by atoms with E-state index in [1.54, 1.807) is 0 Å². The summed E-state index contributed by atoms with van der Waals surface area (Å²) in [5, 5.41) is 4.89. The number of sulfonamides is 1. The lowest BCUT2D eigenvalue weighted by Crippen LogP contribution is -2.15. The summed E-state index contributed by atoms with van der Waals surface area (Å²) in [4.78, 5) is 2.80. The van der Waals surface area contributed by atoms with E-state index in [4.69, 9.17) is 9.88 Å². The van der Waals surface area contributed by atoms with E-state index in [-0.39, 0.29) is 5.75 Å². The van der Waals surface area contributed by atoms with Crippen molar-refractivity contribution in [2.24, 2.45) is 5.14 Å². The molecule has 96 valence electrons. The highest BCUT2D eigenvalue weighted by Gasteiger charge is 2.26. The summed E-state index contributed by atoms with van der Waals surface area (Å²) < 4.78 is 56.9. The van der Waals surface area contributed by atoms with E-state index in [0.29, 0.717) is 6.20 Å². The van der Waals surface area contributed by atoms with Crippen molar-refractivity contribution in [3.05, 3.63) is 11.9 Å². The van der Waals surface area contributed by atoms with E-state index < -0.39 is 32.8 Å². The molecule has 0 atom stereocenters. The Labute approximate surface area is 96.4 Å². The van der Waals surface area contributed by atoms with E-state index in [1.165, 1.54) is 0 Å². The van der Waals surface area contributed by atoms with E-state index in [9.17, 15) is 17.2 Å². The number of halogens is 2. The average Bonchev–Trinajstić information content (AvgIpc) is 2.25. The number of aromatic nitrogens is 1. The zero-order valence-corrected chi connectivity index (χ0v) is 9.79. The third kappa shape index (κ3) is 2.61. The number of ether oxygens (including phenoxy) is 2. The van der Waals surface area contributed by atoms with Gasteiger partial charge < -0.3 is 9.47 Å². The molecular formula is C8H10F2N2O4S. The Morgan fingerprint density at radius 2 is 1.82 bits per heavy atom. The van der Waals surface area contributed by atoms with Crippen LogP contribution in [0.2, 0.25) is 0 Å². The summed E-state index contributed by atoms with van der Waals surface area (Å²) in [7, 11) is -1.92. The van der Waals surface area contributed by atoms with Crippen LogP contribution in [0.5, 0.6) is 11.5 Å². The first-order valence-corrected chi connectivity index (χ1v) is 5.79. The van der Waals surface area contributed by atoms with Crippen molar-refractivity contribution in [2.75, 3.05) is 14.2 Å². The second-order valence-corrected chi connectivity index (χ2v) is 4.45. The van der Waals surface area contributed by atoms with Crippen LogP contribution < -0.4 is 14.6 Å². The summed E-state index contributed by atoms with van der Waals surface area (Å²) in [6, 6.07) is 0. The van der Waals surface area contributed by atoms with Crippen LogP contribution in [0, 0.1) is 0 Å². The minimum absolute atomic E-state index is 0.389. The second kappa shape index (κ2) is 4.80. The number of methoxy groups -OCH3 is 2. The van der Waals surface area contributed by atoms with Gasteiger partial charge in [0.1, 0.15) is 4.90 Å². The van der Waals surface area contributed by atoms with Crippen molar-refractivity contribution >= 4 is 10.0 Å². The molecule has 0 aliphatic carbocycles. The van der Waals surface area contributed by atoms with Gasteiger partial charge in [-0.15, -0.1) is 0 Å². The fourth-order valence-electron chi connectivity index (χ4n) is 1.22. The Morgan fingerprint density at radius 3 is 2.18 bits per heavy atom. The molecule has 1 aromatic heterocycles. The molecule has 0 saturated heterocycles. The number of primary sulfonamides is 1. The van der Waals surface area contributed by atoms with Gasteiger partial charge in [0.15, 0.2) is 17.2 Å². The lowest BCUT2D eigenvalue weighted by Gasteiger charge is -2.13. The van der Waals surface area contributed by atoms with Gasteiger partial charge in [-0.05, 0) is 0 Å². The number of nitrogens with zero attached hydrogens (tertiary/aromatic N) is 1. The van der Waals surface area contributed by atoms with Gasteiger partial charge in [0, 0.05) is 0 Å². The Balaban J connectivity index is 3.60. The zero-order valence-electron chi connectivity index (χ0n) is 8.98. The van der Waals surface area contributed by atoms with Crippen molar-refractivity contribution in [2.45, 2.75) is 11.3 Å². The third-order valence-electron chi connectivity index (χ3n) is 1.91. The molecule has 0 bridgehead atoms. The number of alkyl halides is 2. The SMILES string of the molecule is COc1c(S(N)(=O)=O)cnc(C(F)F)c1OC. The van der Waals surface area contributed by atoms with E-state index in [1.807, 2.05) is 0 Å². The van der Waals surface area contributed by atoms with Crippen molar-refractivity contribution in [1.29, 1.82) is 0 Å². The number of rotatable bonds is 4. The predicted molar refractivity (Wildman–Crippen MR) is 53.7 cm³/mol. The maximum absolute atomic E-state index is 12.6. The molecule has 1 aromatic rings. The first-order valence-electron chi connectivity index (χ1n) is 4.24. The van der Waals surface area contributed by atoms with Gasteiger partial charge in [-0.1, -0.05) is 0 Å². The van der Waals surface area contributed by atoms with E-state index in [0.717, 1.165) is 14.2 Å². The van der Waals surface area contributed by atoms with Gasteiger partial charge in [-0.25, -0.2) is 27.3 Å². The Kier molecular flexibility index (Phi) is 3.83. The predicted octanol–water partition coefficient (Wildman–Crippen LogP) is 0.684. The highest BCUT2D eigenvalue weighted by Crippen LogP contribution is 2.39. The first-order chi connectivity index (χ1) is 7.82. The molecule has 0 fully saturated rings. The zero-order chi connectivity index (χ0) is 13.2. The number of pyridine rings is 1. The molecule has 0 unspecified atom stereocenters. The number of hydrogen-bond donors (Lipinski definition) is 1. The Hall–Kier alpha value is -1.48. The maximum atomic E-state index is 12.6. The summed E-state index contributed by atoms with van der Waals surface area (Å²) in [6.45, 7) is 0. The van der Waals surface area contributed by atoms with Crippen LogP contribution in [0.1, 0.15) is 12.1 Å². The molecular weight excluding hydrogens is 258 g/mol. The van der Waals surface area contributed by atoms with Crippen molar-refractivity contribution in [3.8, 4) is 11.5 Å². The van der Waals surface area contributed by atoms with Crippen LogP contribution in [-0.2, 0) is 10.0 Å². The van der Waals surface area contributed by atoms with Gasteiger partial charge in [0.2, 0.25) is 10.0 Å². The molecule has 0 amide bonds. The van der Waals surface area contributed by atoms with Crippen LogP contribution in [0.15, 0.2) is 11.1 Å². The molecule has 17 heavy (non-hydrogen) atoms. The molecule has 0 aliphatic heterocycles. The Bertz CT molecular complexity index is 519. The largest absolute Gasteiger partial charge is 0.491 e. The van der Waals surface area contributed by atoms with Crippen LogP contribution in [0.4, 0.5) is 8.78 Å². The normalized spacial score (nSPS) is 11.6. The molecule has 9 heteroatoms. The molecule has 2 N–H and O–H groups in total. The fourth-order valence-corrected chi connectivity index (χ4v) is 1.86. The highest BCUT2D eigenvalue weighted by atomic mass is 32.2. The Morgan fingerprint density at radius 1 is 1.29 bits per heavy atom. The maximum Gasteiger partial charge on any atom is 0.284 e. The average molecular weight is 268 g/mol. The summed E-state index contributed by atoms with van der Waals surface area (Å²) in [5.74, 6) is -0.839. The summed E-state index contributed by atoms with van der Waals surface area (Å²) in [6.07, 6.45) is -2.22. The van der Waals surface area contributed by atoms with Gasteiger partial charge >= 0.3 is 0 Å². The van der Waals surface area contributed by atoms with E-state index >= 15 is 0 Å². The molecule has 0 saturated carbocycles. The molecule has 0 aromatic carbocycles. The molecule has 0 aliphatic rings. The van der Waals surface area contributed by atoms with Crippen LogP contribution in [-0.4, -0.2) is 27.6 Å². The van der Waals surface area contributed by atoms with Gasteiger partial charge in [0.05, 0.1) is 20.4 Å². The van der Waals surface area contributed by atoms with Gasteiger partial charge in [-0.2, -0.15) is 0 Å². The van der Waals surface area contributed by atoms with Crippen molar-refractivity contribution in [3.63, 3.8) is 0 Å². The minimum Gasteiger partial charge on any atom is -0.491 e. The smallest absolute Gasteiger partial charge is 0.284 e. The monoisotopic (exact) mass is 268 g/mol. The molecule has 1 rings (SSSR count). The van der Waals surface area contributed by atoms with Crippen LogP contribution in [0.3, 0.4) is 0 Å². The topological polar surface area (TPSA) is 91.5 Å². The second-order valence-electron chi connectivity index (χ2n) is 2.92. The quantitative estimate of drug-likeness (QED) is 0.867. The first kappa shape index (κ1) is 13.6. The third-order valence-corrected chi connectivity index (χ3v) is 2.81. The fraction of sp³-hybridized carbons (Fsp3) is 0.375. The summed E-state index contributed by atoms with van der Waals surface area (Å²) in [5.41, 5.74) is -0.711. The molecule has 1 heterocycles. The molecule has 0 radical (unpaired) electrons. The summed E-state index contributed by atoms with van der Waals surface area (Å²) >= 11 is 0. The standard InChI is InChI=1S/C8H10F2N2O4S/c1-15-6-4(17(11,13)14)3-12-5(8(9)10)7(6)16-2/h3,8H,1-2H3,(H2,11,13,14). The van der Waals surface area contributed by atoms with E-state index in [2.05, 4.69) is 9.72 Å². The molecule has 6 nitrogen and oxygen atoms in total. The minimum atomic E-state index is -4.13. The van der Waals surface area contributed by atoms with Gasteiger partial charge in [0.25, 0.3) is 6.43 Å². The number of nitrogens with two attached hydrogens (primary N) is 1. The lowest BCUT2D eigenvalue weighted by atomic mass is 10.3. The van der Waals surface area contributed by atoms with Crippen molar-refractivity contribution in [1.82, 2.24) is 4.98 Å². The van der Waals surface area contributed by atoms with Crippen LogP contribution in [0.25, 0.3) is 0 Å². The van der Waals surface area contributed by atoms with Gasteiger partial charge in [-0.3, -0.25) is 0 Å². The number of hydrogen-bond acceptors (Lipinski definition) is 5. The molecule has 0 spiro atoms. The highest BCUT2D eigenvalue weighted by molar-refractivity contribution is 7.89. The lowest BCUT2D eigenvalue weighted by molar-refractivity contribution is 0.140. The van der Waals surface area contributed by atoms with Crippen LogP contribution >= 0.6 is 0 Å². The van der Waals surface area contributed by atoms with Crippen molar-refractivity contribution < 1.29 is 26.7 Å².